The first kappa shape index (κ1) is 18.4. The average molecular weight is 386 g/mol. The number of rotatable bonds is 8. The topological polar surface area (TPSA) is 55.4 Å². The lowest BCUT2D eigenvalue weighted by Gasteiger charge is -2.18. The van der Waals surface area contributed by atoms with Crippen molar-refractivity contribution in [1.29, 1.82) is 0 Å². The first-order valence-corrected chi connectivity index (χ1v) is 10.0. The van der Waals surface area contributed by atoms with Gasteiger partial charge in [0.05, 0.1) is 12.5 Å². The molecule has 0 saturated heterocycles. The van der Waals surface area contributed by atoms with Crippen LogP contribution >= 0.6 is 22.7 Å². The molecule has 0 unspecified atom stereocenters. The highest BCUT2D eigenvalue weighted by molar-refractivity contribution is 7.10. The highest BCUT2D eigenvalue weighted by Gasteiger charge is 2.18. The van der Waals surface area contributed by atoms with Crippen LogP contribution in [0.5, 0.6) is 0 Å². The summed E-state index contributed by atoms with van der Waals surface area (Å²) in [4.78, 5) is 26.3. The van der Waals surface area contributed by atoms with Crippen LogP contribution in [0, 0.1) is 0 Å². The summed E-state index contributed by atoms with van der Waals surface area (Å²) in [7, 11) is 0. The molecule has 2 aromatic heterocycles. The van der Waals surface area contributed by atoms with Crippen LogP contribution in [0.4, 0.5) is 0 Å². The van der Waals surface area contributed by atoms with Gasteiger partial charge in [0.2, 0.25) is 0 Å². The van der Waals surface area contributed by atoms with Crippen LogP contribution < -0.4 is 5.32 Å². The van der Waals surface area contributed by atoms with Crippen molar-refractivity contribution in [2.45, 2.75) is 18.9 Å². The smallest absolute Gasteiger partial charge is 0.306 e. The van der Waals surface area contributed by atoms with E-state index in [1.54, 1.807) is 22.7 Å². The number of benzene rings is 1. The van der Waals surface area contributed by atoms with Crippen molar-refractivity contribution < 1.29 is 14.3 Å². The number of hydrogen-bond acceptors (Lipinski definition) is 5. The second kappa shape index (κ2) is 9.31. The zero-order chi connectivity index (χ0) is 18.2. The Morgan fingerprint density at radius 3 is 2.42 bits per heavy atom. The van der Waals surface area contributed by atoms with Crippen LogP contribution in [0.25, 0.3) is 0 Å². The maximum atomic E-state index is 12.3. The van der Waals surface area contributed by atoms with Crippen molar-refractivity contribution in [2.24, 2.45) is 0 Å². The van der Waals surface area contributed by atoms with Crippen LogP contribution in [0.1, 0.15) is 27.8 Å². The summed E-state index contributed by atoms with van der Waals surface area (Å²) in [6.07, 6.45) is 0.917. The lowest BCUT2D eigenvalue weighted by Crippen LogP contribution is -2.32. The number of carbonyl (C=O) groups is 2. The molecule has 3 rings (SSSR count). The molecule has 26 heavy (non-hydrogen) atoms. The molecular weight excluding hydrogens is 366 g/mol. The molecule has 4 nitrogen and oxygen atoms in total. The van der Waals surface area contributed by atoms with Gasteiger partial charge in [0.1, 0.15) is 0 Å². The van der Waals surface area contributed by atoms with Gasteiger partial charge in [-0.05, 0) is 34.9 Å². The highest BCUT2D eigenvalue weighted by atomic mass is 32.1. The van der Waals surface area contributed by atoms with E-state index in [0.29, 0.717) is 6.42 Å². The van der Waals surface area contributed by atoms with Gasteiger partial charge in [0.25, 0.3) is 5.91 Å². The highest BCUT2D eigenvalue weighted by Crippen LogP contribution is 2.25. The first-order valence-electron chi connectivity index (χ1n) is 8.28. The van der Waals surface area contributed by atoms with E-state index in [1.165, 1.54) is 0 Å². The molecule has 0 radical (unpaired) electrons. The minimum absolute atomic E-state index is 0.242. The van der Waals surface area contributed by atoms with Gasteiger partial charge in [0, 0.05) is 9.75 Å². The molecule has 2 heterocycles. The van der Waals surface area contributed by atoms with E-state index in [4.69, 9.17) is 4.74 Å². The standard InChI is InChI=1S/C20H19NO3S2/c22-18(14-24-19(23)11-10-16-8-4-12-25-16)21-20(17-9-5-13-26-17)15-6-2-1-3-7-15/h1-9,12-13,20H,10-11,14H2,(H,21,22)/t20-/m1/s1. The van der Waals surface area contributed by atoms with Crippen molar-refractivity contribution in [1.82, 2.24) is 5.32 Å². The maximum Gasteiger partial charge on any atom is 0.306 e. The fourth-order valence-electron chi connectivity index (χ4n) is 2.52. The van der Waals surface area contributed by atoms with Crippen molar-refractivity contribution in [3.8, 4) is 0 Å². The van der Waals surface area contributed by atoms with Gasteiger partial charge < -0.3 is 10.1 Å². The van der Waals surface area contributed by atoms with Gasteiger partial charge in [-0.2, -0.15) is 0 Å². The SMILES string of the molecule is O=C(COC(=O)CCc1cccs1)N[C@H](c1ccccc1)c1cccs1. The normalized spacial score (nSPS) is 11.7. The molecule has 0 bridgehead atoms. The maximum absolute atomic E-state index is 12.3. The number of esters is 1. The van der Waals surface area contributed by atoms with E-state index in [0.717, 1.165) is 15.3 Å². The lowest BCUT2D eigenvalue weighted by molar-refractivity contribution is -0.148. The Kier molecular flexibility index (Phi) is 6.57. The van der Waals surface area contributed by atoms with E-state index in [9.17, 15) is 9.59 Å². The minimum Gasteiger partial charge on any atom is -0.456 e. The fraction of sp³-hybridized carbons (Fsp3) is 0.200. The monoisotopic (exact) mass is 385 g/mol. The molecule has 1 atom stereocenters. The molecular formula is C20H19NO3S2. The third-order valence-electron chi connectivity index (χ3n) is 3.79. The van der Waals surface area contributed by atoms with E-state index in [1.807, 2.05) is 65.4 Å². The average Bonchev–Trinajstić information content (AvgIpc) is 3.37. The Hall–Kier alpha value is -2.44. The molecule has 1 amide bonds. The Morgan fingerprint density at radius 1 is 0.962 bits per heavy atom. The molecule has 0 aliphatic heterocycles. The Bertz CT molecular complexity index is 814. The number of thiophene rings is 2. The Balaban J connectivity index is 1.52. The Morgan fingerprint density at radius 2 is 1.73 bits per heavy atom. The summed E-state index contributed by atoms with van der Waals surface area (Å²) in [6, 6.07) is 17.4. The number of amides is 1. The molecule has 134 valence electrons. The lowest BCUT2D eigenvalue weighted by atomic mass is 10.1. The van der Waals surface area contributed by atoms with Crippen LogP contribution in [-0.2, 0) is 20.7 Å². The third-order valence-corrected chi connectivity index (χ3v) is 5.66. The van der Waals surface area contributed by atoms with Gasteiger partial charge in [-0.1, -0.05) is 42.5 Å². The van der Waals surface area contributed by atoms with Gasteiger partial charge in [-0.25, -0.2) is 0 Å². The van der Waals surface area contributed by atoms with Gasteiger partial charge in [-0.15, -0.1) is 22.7 Å². The number of hydrogen-bond donors (Lipinski definition) is 1. The summed E-state index contributed by atoms with van der Waals surface area (Å²) >= 11 is 3.19. The fourth-order valence-corrected chi connectivity index (χ4v) is 4.03. The number of aryl methyl sites for hydroxylation is 1. The number of ether oxygens (including phenoxy) is 1. The van der Waals surface area contributed by atoms with Crippen molar-refractivity contribution >= 4 is 34.6 Å². The van der Waals surface area contributed by atoms with Crippen LogP contribution in [0.3, 0.4) is 0 Å². The number of carbonyl (C=O) groups excluding carboxylic acids is 2. The van der Waals surface area contributed by atoms with Gasteiger partial charge in [-0.3, -0.25) is 9.59 Å². The Labute approximate surface area is 160 Å². The second-order valence-corrected chi connectivity index (χ2v) is 7.68. The van der Waals surface area contributed by atoms with Crippen LogP contribution in [0.2, 0.25) is 0 Å². The second-order valence-electron chi connectivity index (χ2n) is 5.67. The van der Waals surface area contributed by atoms with Crippen molar-refractivity contribution in [2.75, 3.05) is 6.61 Å². The van der Waals surface area contributed by atoms with E-state index < -0.39 is 0 Å². The zero-order valence-corrected chi connectivity index (χ0v) is 15.7. The van der Waals surface area contributed by atoms with Crippen molar-refractivity contribution in [3.63, 3.8) is 0 Å². The van der Waals surface area contributed by atoms with Crippen LogP contribution in [-0.4, -0.2) is 18.5 Å². The van der Waals surface area contributed by atoms with E-state index in [2.05, 4.69) is 5.32 Å². The third kappa shape index (κ3) is 5.28. The summed E-state index contributed by atoms with van der Waals surface area (Å²) in [6.45, 7) is -0.266. The quantitative estimate of drug-likeness (QED) is 0.592. The summed E-state index contributed by atoms with van der Waals surface area (Å²) in [5.74, 6) is -0.669. The molecule has 0 aliphatic carbocycles. The minimum atomic E-state index is -0.360. The predicted molar refractivity (Wildman–Crippen MR) is 104 cm³/mol. The molecule has 0 aliphatic rings. The molecule has 0 saturated carbocycles. The van der Waals surface area contributed by atoms with Crippen LogP contribution in [0.15, 0.2) is 65.4 Å². The molecule has 6 heteroatoms. The zero-order valence-electron chi connectivity index (χ0n) is 14.1. The predicted octanol–water partition coefficient (Wildman–Crippen LogP) is 4.19. The molecule has 0 fully saturated rings. The summed E-state index contributed by atoms with van der Waals surface area (Å²) < 4.78 is 5.11. The molecule has 1 N–H and O–H groups in total. The van der Waals surface area contributed by atoms with Crippen molar-refractivity contribution in [3.05, 3.63) is 80.7 Å². The number of nitrogens with one attached hydrogen (secondary N) is 1. The summed E-state index contributed by atoms with van der Waals surface area (Å²) in [5.41, 5.74) is 0.993. The molecule has 1 aromatic carbocycles. The van der Waals surface area contributed by atoms with Gasteiger partial charge in [0.15, 0.2) is 6.61 Å². The molecule has 0 spiro atoms. The molecule has 3 aromatic rings. The van der Waals surface area contributed by atoms with E-state index >= 15 is 0 Å². The summed E-state index contributed by atoms with van der Waals surface area (Å²) in [5, 5.41) is 6.91. The first-order chi connectivity index (χ1) is 12.7. The van der Waals surface area contributed by atoms with E-state index in [-0.39, 0.29) is 30.9 Å². The largest absolute Gasteiger partial charge is 0.456 e. The van der Waals surface area contributed by atoms with Gasteiger partial charge >= 0.3 is 5.97 Å².